The summed E-state index contributed by atoms with van der Waals surface area (Å²) in [6.07, 6.45) is 5.00. The van der Waals surface area contributed by atoms with Gasteiger partial charge in [-0.3, -0.25) is 24.9 Å². The second-order valence-corrected chi connectivity index (χ2v) is 9.84. The van der Waals surface area contributed by atoms with E-state index in [1.807, 2.05) is 20.8 Å². The Kier molecular flexibility index (Phi) is 9.51. The molecule has 0 aliphatic carbocycles. The second-order valence-electron chi connectivity index (χ2n) is 9.28. The first-order valence-electron chi connectivity index (χ1n) is 12.7. The number of H-pyrrole nitrogens is 1. The fraction of sp³-hybridized carbons (Fsp3) is 0.429. The average molecular weight is 541 g/mol. The monoisotopic (exact) mass is 540 g/mol. The summed E-state index contributed by atoms with van der Waals surface area (Å²) < 4.78 is 5.50. The quantitative estimate of drug-likeness (QED) is 0.388. The van der Waals surface area contributed by atoms with Crippen LogP contribution < -0.4 is 10.1 Å². The van der Waals surface area contributed by atoms with Crippen molar-refractivity contribution < 1.29 is 14.3 Å². The van der Waals surface area contributed by atoms with Crippen molar-refractivity contribution in [1.29, 1.82) is 5.41 Å². The molecule has 2 aromatic rings. The Morgan fingerprint density at radius 3 is 2.55 bits per heavy atom. The van der Waals surface area contributed by atoms with Crippen LogP contribution in [0.2, 0.25) is 0 Å². The minimum Gasteiger partial charge on any atom is -0.496 e. The van der Waals surface area contributed by atoms with Crippen LogP contribution in [0.4, 0.5) is 0 Å². The van der Waals surface area contributed by atoms with E-state index in [0.717, 1.165) is 30.8 Å². The highest BCUT2D eigenvalue weighted by Gasteiger charge is 2.38. The number of allylic oxidation sites excluding steroid dienone is 1. The lowest BCUT2D eigenvalue weighted by Crippen LogP contribution is -2.34. The molecule has 0 saturated carbocycles. The highest BCUT2D eigenvalue weighted by Crippen LogP contribution is 2.34. The number of carbonyl (C=O) groups excluding carboxylic acids is 2. The summed E-state index contributed by atoms with van der Waals surface area (Å²) >= 11 is 6.38. The predicted molar refractivity (Wildman–Crippen MR) is 151 cm³/mol. The van der Waals surface area contributed by atoms with E-state index in [2.05, 4.69) is 34.0 Å². The molecule has 0 bridgehead atoms. The van der Waals surface area contributed by atoms with Gasteiger partial charge in [0.15, 0.2) is 0 Å². The average Bonchev–Trinajstić information content (AvgIpc) is 3.35. The summed E-state index contributed by atoms with van der Waals surface area (Å²) in [6.45, 7) is 14.7. The summed E-state index contributed by atoms with van der Waals surface area (Å²) in [5, 5.41) is 12.0. The normalized spacial score (nSPS) is 16.1. The molecule has 3 heterocycles. The molecule has 1 aliphatic rings. The molecule has 10 heteroatoms. The number of likely N-dealkylation sites (N-methyl/N-ethyl adjacent to an activating group) is 1. The molecule has 204 valence electrons. The summed E-state index contributed by atoms with van der Waals surface area (Å²) in [5.74, 6) is 0.179. The lowest BCUT2D eigenvalue weighted by atomic mass is 10.0. The zero-order valence-electron chi connectivity index (χ0n) is 23.2. The van der Waals surface area contributed by atoms with Crippen LogP contribution in [0.25, 0.3) is 6.08 Å². The highest BCUT2D eigenvalue weighted by molar-refractivity contribution is 6.37. The largest absolute Gasteiger partial charge is 0.496 e. The predicted octanol–water partition coefficient (Wildman–Crippen LogP) is 4.33. The van der Waals surface area contributed by atoms with Gasteiger partial charge in [0, 0.05) is 52.9 Å². The molecular formula is C28H37ClN6O3. The molecule has 0 unspecified atom stereocenters. The standard InChI is InChI=1S/C28H37ClN6O3/c1-8-34(9-2)11-10-31-27(36)21-14-33-22(17(21)4)12-20-24(19(6)29)26(30)35(28(20)37)15-23-18(5)25(38-7)16(3)13-32-23/h12-14,30,33H,8-11,15H2,1-7H3,(H,31,36)/b20-12-,24-19+,30-26?. The fourth-order valence-electron chi connectivity index (χ4n) is 4.63. The number of hydrogen-bond donors (Lipinski definition) is 3. The summed E-state index contributed by atoms with van der Waals surface area (Å²) in [4.78, 5) is 37.5. The summed E-state index contributed by atoms with van der Waals surface area (Å²) in [7, 11) is 1.60. The Morgan fingerprint density at radius 1 is 1.26 bits per heavy atom. The summed E-state index contributed by atoms with van der Waals surface area (Å²) in [6, 6.07) is 0. The number of likely N-dealkylation sites (tertiary alicyclic amines) is 1. The van der Waals surface area contributed by atoms with E-state index >= 15 is 0 Å². The Bertz CT molecular complexity index is 1300. The van der Waals surface area contributed by atoms with Crippen LogP contribution in [-0.4, -0.2) is 70.7 Å². The van der Waals surface area contributed by atoms with E-state index in [1.54, 1.807) is 32.5 Å². The first-order valence-corrected chi connectivity index (χ1v) is 13.1. The number of methoxy groups -OCH3 is 1. The van der Waals surface area contributed by atoms with E-state index in [-0.39, 0.29) is 29.8 Å². The molecule has 1 aliphatic heterocycles. The van der Waals surface area contributed by atoms with Gasteiger partial charge in [0.1, 0.15) is 11.6 Å². The van der Waals surface area contributed by atoms with Gasteiger partial charge >= 0.3 is 0 Å². The van der Waals surface area contributed by atoms with Crippen molar-refractivity contribution in [2.24, 2.45) is 0 Å². The molecule has 38 heavy (non-hydrogen) atoms. The Morgan fingerprint density at radius 2 is 1.95 bits per heavy atom. The molecular weight excluding hydrogens is 504 g/mol. The van der Waals surface area contributed by atoms with Gasteiger partial charge in [-0.05, 0) is 52.4 Å². The van der Waals surface area contributed by atoms with Gasteiger partial charge in [-0.2, -0.15) is 0 Å². The maximum absolute atomic E-state index is 13.6. The summed E-state index contributed by atoms with van der Waals surface area (Å²) in [5.41, 5.74) is 4.82. The minimum absolute atomic E-state index is 0.00747. The van der Waals surface area contributed by atoms with Crippen LogP contribution in [-0.2, 0) is 11.3 Å². The molecule has 0 atom stereocenters. The van der Waals surface area contributed by atoms with Gasteiger partial charge in [-0.15, -0.1) is 0 Å². The number of aromatic nitrogens is 2. The number of amidine groups is 1. The third kappa shape index (κ3) is 5.84. The van der Waals surface area contributed by atoms with Crippen LogP contribution in [0.3, 0.4) is 0 Å². The maximum Gasteiger partial charge on any atom is 0.260 e. The zero-order valence-corrected chi connectivity index (χ0v) is 24.0. The van der Waals surface area contributed by atoms with Crippen molar-refractivity contribution in [2.75, 3.05) is 33.3 Å². The molecule has 2 aromatic heterocycles. The number of carbonyl (C=O) groups is 2. The van der Waals surface area contributed by atoms with Crippen molar-refractivity contribution in [3.63, 3.8) is 0 Å². The number of aromatic amines is 1. The number of nitrogens with one attached hydrogen (secondary N) is 3. The number of pyridine rings is 1. The number of aryl methyl sites for hydroxylation is 1. The third-order valence-corrected chi connectivity index (χ3v) is 7.16. The van der Waals surface area contributed by atoms with Crippen molar-refractivity contribution in [1.82, 2.24) is 25.1 Å². The minimum atomic E-state index is -0.357. The van der Waals surface area contributed by atoms with E-state index in [1.165, 1.54) is 4.90 Å². The number of amides is 2. The SMILES string of the molecule is CCN(CC)CCNC(=O)c1c[nH]c(/C=C2\C(=O)N(Cc3ncc(C)c(OC)c3C)C(=N)\C2=C(/C)Cl)c1C. The zero-order chi connectivity index (χ0) is 28.1. The second kappa shape index (κ2) is 12.4. The molecule has 3 N–H and O–H groups in total. The smallest absolute Gasteiger partial charge is 0.260 e. The molecule has 1 saturated heterocycles. The number of hydrogen-bond acceptors (Lipinski definition) is 6. The first-order chi connectivity index (χ1) is 18.0. The Labute approximate surface area is 229 Å². The fourth-order valence-corrected chi connectivity index (χ4v) is 4.83. The van der Waals surface area contributed by atoms with E-state index in [9.17, 15) is 9.59 Å². The van der Waals surface area contributed by atoms with Crippen LogP contribution in [0.5, 0.6) is 5.75 Å². The van der Waals surface area contributed by atoms with Gasteiger partial charge in [0.2, 0.25) is 0 Å². The van der Waals surface area contributed by atoms with Crippen LogP contribution in [0, 0.1) is 26.2 Å². The van der Waals surface area contributed by atoms with Gasteiger partial charge in [0.05, 0.1) is 30.5 Å². The topological polar surface area (TPSA) is 114 Å². The first kappa shape index (κ1) is 29.1. The number of nitrogens with zero attached hydrogens (tertiary/aromatic N) is 3. The maximum atomic E-state index is 13.6. The molecule has 2 amide bonds. The lowest BCUT2D eigenvalue weighted by molar-refractivity contribution is -0.122. The molecule has 0 spiro atoms. The van der Waals surface area contributed by atoms with Crippen LogP contribution >= 0.6 is 11.6 Å². The van der Waals surface area contributed by atoms with Crippen molar-refractivity contribution in [3.8, 4) is 5.75 Å². The molecule has 9 nitrogen and oxygen atoms in total. The van der Waals surface area contributed by atoms with Crippen molar-refractivity contribution >= 4 is 35.3 Å². The van der Waals surface area contributed by atoms with Gasteiger partial charge in [0.25, 0.3) is 11.8 Å². The number of rotatable bonds is 10. The van der Waals surface area contributed by atoms with Crippen molar-refractivity contribution in [2.45, 2.75) is 48.1 Å². The van der Waals surface area contributed by atoms with Gasteiger partial charge in [-0.1, -0.05) is 25.4 Å². The molecule has 0 radical (unpaired) electrons. The van der Waals surface area contributed by atoms with Crippen LogP contribution in [0.1, 0.15) is 59.2 Å². The molecule has 0 aromatic carbocycles. The van der Waals surface area contributed by atoms with E-state index in [0.29, 0.717) is 45.4 Å². The number of ether oxygens (including phenoxy) is 1. The highest BCUT2D eigenvalue weighted by atomic mass is 35.5. The van der Waals surface area contributed by atoms with Crippen LogP contribution in [0.15, 0.2) is 28.6 Å². The van der Waals surface area contributed by atoms with Gasteiger partial charge in [-0.25, -0.2) is 0 Å². The Balaban J connectivity index is 1.88. The van der Waals surface area contributed by atoms with E-state index in [4.69, 9.17) is 21.7 Å². The van der Waals surface area contributed by atoms with E-state index < -0.39 is 0 Å². The number of halogens is 1. The third-order valence-electron chi connectivity index (χ3n) is 6.98. The Hall–Kier alpha value is -3.43. The molecule has 3 rings (SSSR count). The van der Waals surface area contributed by atoms with Crippen molar-refractivity contribution in [3.05, 3.63) is 62.2 Å². The van der Waals surface area contributed by atoms with Gasteiger partial charge < -0.3 is 19.9 Å². The molecule has 1 fully saturated rings. The lowest BCUT2D eigenvalue weighted by Gasteiger charge is -2.18.